The molecule has 2 aromatic rings. The summed E-state index contributed by atoms with van der Waals surface area (Å²) in [4.78, 5) is 26.4. The summed E-state index contributed by atoms with van der Waals surface area (Å²) in [6.45, 7) is 1.18. The fourth-order valence-electron chi connectivity index (χ4n) is 4.26. The summed E-state index contributed by atoms with van der Waals surface area (Å²) in [5.41, 5.74) is 2.84. The third kappa shape index (κ3) is 3.45. The number of anilines is 1. The summed E-state index contributed by atoms with van der Waals surface area (Å²) in [6.07, 6.45) is 1.12. The van der Waals surface area contributed by atoms with Crippen LogP contribution in [0.15, 0.2) is 48.5 Å². The fraction of sp³-hybridized carbons (Fsp3) is 0.333. The van der Waals surface area contributed by atoms with Crippen LogP contribution in [0.25, 0.3) is 0 Å². The van der Waals surface area contributed by atoms with Crippen LogP contribution < -0.4 is 5.32 Å². The Morgan fingerprint density at radius 1 is 1.11 bits per heavy atom. The van der Waals surface area contributed by atoms with Crippen LogP contribution in [0.4, 0.5) is 5.69 Å². The molecule has 2 N–H and O–H groups in total. The van der Waals surface area contributed by atoms with E-state index in [9.17, 15) is 14.7 Å². The van der Waals surface area contributed by atoms with E-state index in [1.165, 1.54) is 0 Å². The van der Waals surface area contributed by atoms with Gasteiger partial charge in [0.1, 0.15) is 6.04 Å². The first kappa shape index (κ1) is 18.0. The van der Waals surface area contributed by atoms with Crippen molar-refractivity contribution in [3.8, 4) is 0 Å². The second-order valence-electron chi connectivity index (χ2n) is 7.20. The molecule has 2 aliphatic rings. The van der Waals surface area contributed by atoms with Gasteiger partial charge in [0.15, 0.2) is 0 Å². The van der Waals surface area contributed by atoms with E-state index < -0.39 is 5.97 Å². The van der Waals surface area contributed by atoms with Crippen molar-refractivity contribution in [3.63, 3.8) is 0 Å². The van der Waals surface area contributed by atoms with Crippen LogP contribution in [0.1, 0.15) is 29.9 Å². The predicted octanol–water partition coefficient (Wildman–Crippen LogP) is 3.59. The Bertz CT molecular complexity index is 863. The Morgan fingerprint density at radius 2 is 1.81 bits per heavy atom. The van der Waals surface area contributed by atoms with E-state index in [1.807, 2.05) is 42.5 Å². The van der Waals surface area contributed by atoms with Crippen molar-refractivity contribution in [2.45, 2.75) is 24.8 Å². The van der Waals surface area contributed by atoms with Gasteiger partial charge in [-0.15, -0.1) is 0 Å². The van der Waals surface area contributed by atoms with Gasteiger partial charge in [0.05, 0.1) is 5.92 Å². The number of nitrogens with zero attached hydrogens (tertiary/aromatic N) is 1. The standard InChI is InChI=1S/C21H21ClN2O3/c22-15-6-7-17-16(12-15)18(13-4-2-1-3-5-13)19(20(25)23-17)24-10-8-14(9-11-24)21(26)27/h1-7,12,14,18-19H,8-11H2,(H,23,25)(H,26,27)/t18-,19+/m0/s1. The molecule has 1 amide bonds. The van der Waals surface area contributed by atoms with Gasteiger partial charge < -0.3 is 10.4 Å². The first-order valence-corrected chi connectivity index (χ1v) is 9.54. The molecule has 1 fully saturated rings. The molecule has 2 atom stereocenters. The molecule has 0 aliphatic carbocycles. The molecule has 2 heterocycles. The van der Waals surface area contributed by atoms with Crippen LogP contribution in [0, 0.1) is 5.92 Å². The lowest BCUT2D eigenvalue weighted by Crippen LogP contribution is -2.53. The van der Waals surface area contributed by atoms with Gasteiger partial charge in [-0.1, -0.05) is 41.9 Å². The summed E-state index contributed by atoms with van der Waals surface area (Å²) in [5, 5.41) is 12.9. The van der Waals surface area contributed by atoms with E-state index in [-0.39, 0.29) is 23.8 Å². The smallest absolute Gasteiger partial charge is 0.306 e. The molecule has 1 saturated heterocycles. The Labute approximate surface area is 162 Å². The van der Waals surface area contributed by atoms with Crippen LogP contribution in [0.2, 0.25) is 5.02 Å². The largest absolute Gasteiger partial charge is 0.481 e. The van der Waals surface area contributed by atoms with Gasteiger partial charge in [0.25, 0.3) is 0 Å². The van der Waals surface area contributed by atoms with Crippen molar-refractivity contribution in [2.75, 3.05) is 18.4 Å². The number of amides is 1. The summed E-state index contributed by atoms with van der Waals surface area (Å²) >= 11 is 6.26. The van der Waals surface area contributed by atoms with Gasteiger partial charge in [-0.3, -0.25) is 14.5 Å². The van der Waals surface area contributed by atoms with Crippen LogP contribution in [-0.2, 0) is 9.59 Å². The highest BCUT2D eigenvalue weighted by Crippen LogP contribution is 2.41. The van der Waals surface area contributed by atoms with E-state index in [0.29, 0.717) is 31.0 Å². The van der Waals surface area contributed by atoms with Crippen LogP contribution >= 0.6 is 11.6 Å². The minimum atomic E-state index is -0.750. The highest BCUT2D eigenvalue weighted by atomic mass is 35.5. The Kier molecular flexibility index (Phi) is 4.89. The molecule has 0 spiro atoms. The molecular weight excluding hydrogens is 364 g/mol. The lowest BCUT2D eigenvalue weighted by Gasteiger charge is -2.42. The Morgan fingerprint density at radius 3 is 2.48 bits per heavy atom. The van der Waals surface area contributed by atoms with Crippen molar-refractivity contribution in [1.29, 1.82) is 0 Å². The number of fused-ring (bicyclic) bond motifs is 1. The summed E-state index contributed by atoms with van der Waals surface area (Å²) in [6, 6.07) is 15.1. The first-order valence-electron chi connectivity index (χ1n) is 9.16. The average molecular weight is 385 g/mol. The molecule has 2 aliphatic heterocycles. The zero-order valence-corrected chi connectivity index (χ0v) is 15.5. The number of hydrogen-bond acceptors (Lipinski definition) is 3. The number of halogens is 1. The molecule has 6 heteroatoms. The van der Waals surface area contributed by atoms with E-state index >= 15 is 0 Å². The maximum Gasteiger partial charge on any atom is 0.306 e. The second-order valence-corrected chi connectivity index (χ2v) is 7.64. The number of carboxylic acid groups (broad SMARTS) is 1. The van der Waals surface area contributed by atoms with Gasteiger partial charge in [-0.25, -0.2) is 0 Å². The van der Waals surface area contributed by atoms with E-state index in [1.54, 1.807) is 6.07 Å². The molecule has 0 radical (unpaired) electrons. The number of carboxylic acids is 1. The number of hydrogen-bond donors (Lipinski definition) is 2. The van der Waals surface area contributed by atoms with Crippen LogP contribution in [0.3, 0.4) is 0 Å². The van der Waals surface area contributed by atoms with Gasteiger partial charge in [0, 0.05) is 16.6 Å². The third-order valence-corrected chi connectivity index (χ3v) is 5.86. The molecule has 2 aromatic carbocycles. The van der Waals surface area contributed by atoms with Crippen LogP contribution in [0.5, 0.6) is 0 Å². The number of aliphatic carboxylic acids is 1. The van der Waals surface area contributed by atoms with Crippen molar-refractivity contribution < 1.29 is 14.7 Å². The Hall–Kier alpha value is -2.37. The zero-order valence-electron chi connectivity index (χ0n) is 14.8. The minimum absolute atomic E-state index is 0.0487. The maximum absolute atomic E-state index is 13.0. The normalized spacial score (nSPS) is 23.5. The number of benzene rings is 2. The molecular formula is C21H21ClN2O3. The predicted molar refractivity (Wildman–Crippen MR) is 104 cm³/mol. The number of piperidine rings is 1. The van der Waals surface area contributed by atoms with Crippen molar-refractivity contribution in [2.24, 2.45) is 5.92 Å². The molecule has 27 heavy (non-hydrogen) atoms. The molecule has 0 aromatic heterocycles. The zero-order chi connectivity index (χ0) is 19.0. The monoisotopic (exact) mass is 384 g/mol. The van der Waals surface area contributed by atoms with Crippen molar-refractivity contribution in [3.05, 3.63) is 64.7 Å². The number of nitrogens with one attached hydrogen (secondary N) is 1. The van der Waals surface area contributed by atoms with Gasteiger partial charge >= 0.3 is 5.97 Å². The number of carbonyl (C=O) groups excluding carboxylic acids is 1. The first-order chi connectivity index (χ1) is 13.0. The topological polar surface area (TPSA) is 69.6 Å². The third-order valence-electron chi connectivity index (χ3n) is 5.62. The quantitative estimate of drug-likeness (QED) is 0.848. The lowest BCUT2D eigenvalue weighted by atomic mass is 9.79. The van der Waals surface area contributed by atoms with E-state index in [2.05, 4.69) is 10.2 Å². The maximum atomic E-state index is 13.0. The van der Waals surface area contributed by atoms with Crippen molar-refractivity contribution >= 4 is 29.2 Å². The van der Waals surface area contributed by atoms with Crippen LogP contribution in [-0.4, -0.2) is 41.0 Å². The number of likely N-dealkylation sites (tertiary alicyclic amines) is 1. The highest BCUT2D eigenvalue weighted by Gasteiger charge is 2.42. The fourth-order valence-corrected chi connectivity index (χ4v) is 4.44. The minimum Gasteiger partial charge on any atom is -0.481 e. The molecule has 5 nitrogen and oxygen atoms in total. The molecule has 0 unspecified atom stereocenters. The van der Waals surface area contributed by atoms with Crippen molar-refractivity contribution in [1.82, 2.24) is 4.90 Å². The molecule has 4 rings (SSSR count). The summed E-state index contributed by atoms with van der Waals surface area (Å²) < 4.78 is 0. The van der Waals surface area contributed by atoms with Gasteiger partial charge in [-0.2, -0.15) is 0 Å². The summed E-state index contributed by atoms with van der Waals surface area (Å²) in [7, 11) is 0. The second kappa shape index (κ2) is 7.33. The number of rotatable bonds is 3. The Balaban J connectivity index is 1.73. The molecule has 0 bridgehead atoms. The lowest BCUT2D eigenvalue weighted by molar-refractivity contribution is -0.143. The average Bonchev–Trinajstić information content (AvgIpc) is 2.68. The molecule has 140 valence electrons. The van der Waals surface area contributed by atoms with Gasteiger partial charge in [-0.05, 0) is 55.3 Å². The van der Waals surface area contributed by atoms with Gasteiger partial charge in [0.2, 0.25) is 5.91 Å². The highest BCUT2D eigenvalue weighted by molar-refractivity contribution is 6.30. The summed E-state index contributed by atoms with van der Waals surface area (Å²) in [5.74, 6) is -1.27. The SMILES string of the molecule is O=C(O)C1CCN([C@H]2C(=O)Nc3ccc(Cl)cc3[C@@H]2c2ccccc2)CC1. The van der Waals surface area contributed by atoms with E-state index in [4.69, 9.17) is 11.6 Å². The van der Waals surface area contributed by atoms with E-state index in [0.717, 1.165) is 16.8 Å². The molecule has 0 saturated carbocycles. The number of carbonyl (C=O) groups is 2.